The average Bonchev–Trinajstić information content (AvgIpc) is 2.53. The van der Waals surface area contributed by atoms with Crippen molar-refractivity contribution >= 4 is 10.0 Å². The van der Waals surface area contributed by atoms with E-state index in [1.165, 1.54) is 36.4 Å². The molecule has 3 nitrogen and oxygen atoms in total. The van der Waals surface area contributed by atoms with Crippen LogP contribution in [0.1, 0.15) is 19.4 Å². The smallest absolute Gasteiger partial charge is 0.207 e. The van der Waals surface area contributed by atoms with Gasteiger partial charge in [0.05, 0.1) is 16.0 Å². The first-order chi connectivity index (χ1) is 11.4. The second kappa shape index (κ2) is 6.54. The van der Waals surface area contributed by atoms with E-state index >= 15 is 0 Å². The van der Waals surface area contributed by atoms with Gasteiger partial charge in [-0.2, -0.15) is 17.9 Å². The third-order valence-electron chi connectivity index (χ3n) is 3.46. The van der Waals surface area contributed by atoms with Gasteiger partial charge in [0.25, 0.3) is 0 Å². The molecule has 1 N–H and O–H groups in total. The van der Waals surface area contributed by atoms with Crippen LogP contribution >= 0.6 is 0 Å². The summed E-state index contributed by atoms with van der Waals surface area (Å²) in [4.78, 5) is 0.0199. The number of hydrogen-bond donors (Lipinski definition) is 1. The maximum absolute atomic E-state index is 12.6. The van der Waals surface area contributed by atoms with E-state index in [9.17, 15) is 21.6 Å². The van der Waals surface area contributed by atoms with E-state index in [1.807, 2.05) is 0 Å². The molecule has 0 fully saturated rings. The van der Waals surface area contributed by atoms with Crippen molar-refractivity contribution in [1.82, 2.24) is 4.72 Å². The molecule has 0 aromatic heterocycles. The number of rotatable bonds is 4. The summed E-state index contributed by atoms with van der Waals surface area (Å²) in [5.74, 6) is 2.34. The zero-order valence-electron chi connectivity index (χ0n) is 13.6. The summed E-state index contributed by atoms with van der Waals surface area (Å²) in [6, 6.07) is 10.5. The summed E-state index contributed by atoms with van der Waals surface area (Å²) < 4.78 is 64.7. The molecule has 0 radical (unpaired) electrons. The van der Waals surface area contributed by atoms with Gasteiger partial charge >= 0.3 is 6.18 Å². The van der Waals surface area contributed by atoms with Crippen molar-refractivity contribution in [3.05, 3.63) is 54.1 Å². The Kier molecular flexibility index (Phi) is 4.98. The maximum Gasteiger partial charge on any atom is 0.416 e. The summed E-state index contributed by atoms with van der Waals surface area (Å²) in [7, 11) is -3.80. The fourth-order valence-electron chi connectivity index (χ4n) is 2.10. The number of terminal acetylenes is 1. The molecule has 0 aliphatic carbocycles. The van der Waals surface area contributed by atoms with Crippen LogP contribution in [0.25, 0.3) is 11.1 Å². The molecule has 0 saturated heterocycles. The Bertz CT molecular complexity index is 891. The van der Waals surface area contributed by atoms with Gasteiger partial charge in [-0.25, -0.2) is 8.42 Å². The van der Waals surface area contributed by atoms with E-state index < -0.39 is 27.3 Å². The van der Waals surface area contributed by atoms with Crippen molar-refractivity contribution in [2.45, 2.75) is 30.5 Å². The van der Waals surface area contributed by atoms with Crippen LogP contribution in [0.4, 0.5) is 13.2 Å². The summed E-state index contributed by atoms with van der Waals surface area (Å²) in [6.07, 6.45) is 0.881. The number of halogens is 3. The van der Waals surface area contributed by atoms with Gasteiger partial charge in [0.15, 0.2) is 0 Å². The van der Waals surface area contributed by atoms with Gasteiger partial charge in [-0.1, -0.05) is 30.2 Å². The Morgan fingerprint density at radius 2 is 1.36 bits per heavy atom. The van der Waals surface area contributed by atoms with Gasteiger partial charge in [-0.05, 0) is 49.2 Å². The predicted molar refractivity (Wildman–Crippen MR) is 90.1 cm³/mol. The molecule has 0 spiro atoms. The van der Waals surface area contributed by atoms with Gasteiger partial charge in [0.2, 0.25) is 10.0 Å². The number of benzene rings is 2. The molecule has 0 heterocycles. The Morgan fingerprint density at radius 1 is 0.920 bits per heavy atom. The third kappa shape index (κ3) is 4.62. The summed E-state index contributed by atoms with van der Waals surface area (Å²) in [6.45, 7) is 3.11. The van der Waals surface area contributed by atoms with Gasteiger partial charge in [0.1, 0.15) is 0 Å². The lowest BCUT2D eigenvalue weighted by Gasteiger charge is -2.19. The van der Waals surface area contributed by atoms with Crippen LogP contribution in [0.15, 0.2) is 53.4 Å². The largest absolute Gasteiger partial charge is 0.416 e. The topological polar surface area (TPSA) is 46.2 Å². The molecule has 2 aromatic carbocycles. The quantitative estimate of drug-likeness (QED) is 0.829. The van der Waals surface area contributed by atoms with Crippen LogP contribution < -0.4 is 4.72 Å². The zero-order valence-corrected chi connectivity index (χ0v) is 14.4. The van der Waals surface area contributed by atoms with E-state index in [4.69, 9.17) is 6.42 Å². The molecule has 0 aliphatic heterocycles. The van der Waals surface area contributed by atoms with Gasteiger partial charge in [-0.3, -0.25) is 0 Å². The SMILES string of the molecule is C#CC(C)(C)NS(=O)(=O)c1ccc(-c2ccc(C(F)(F)F)cc2)cc1. The van der Waals surface area contributed by atoms with Gasteiger partial charge in [0, 0.05) is 0 Å². The molecule has 0 unspecified atom stereocenters. The van der Waals surface area contributed by atoms with Crippen LogP contribution in [0.2, 0.25) is 0 Å². The van der Waals surface area contributed by atoms with Crippen molar-refractivity contribution < 1.29 is 21.6 Å². The van der Waals surface area contributed by atoms with Crippen LogP contribution in [-0.2, 0) is 16.2 Å². The molecule has 2 aromatic rings. The molecule has 0 amide bonds. The Balaban J connectivity index is 2.27. The molecule has 0 atom stereocenters. The second-order valence-electron chi connectivity index (χ2n) is 5.97. The van der Waals surface area contributed by atoms with E-state index in [2.05, 4.69) is 10.6 Å². The van der Waals surface area contributed by atoms with E-state index in [0.29, 0.717) is 11.1 Å². The number of sulfonamides is 1. The highest BCUT2D eigenvalue weighted by Crippen LogP contribution is 2.31. The van der Waals surface area contributed by atoms with Crippen molar-refractivity contribution in [3.63, 3.8) is 0 Å². The van der Waals surface area contributed by atoms with E-state index in [-0.39, 0.29) is 4.90 Å². The van der Waals surface area contributed by atoms with Crippen LogP contribution in [0.3, 0.4) is 0 Å². The maximum atomic E-state index is 12.6. The third-order valence-corrected chi connectivity index (χ3v) is 5.13. The van der Waals surface area contributed by atoms with Crippen LogP contribution in [0.5, 0.6) is 0 Å². The minimum atomic E-state index is -4.40. The van der Waals surface area contributed by atoms with E-state index in [0.717, 1.165) is 12.1 Å². The Hall–Kier alpha value is -2.30. The Labute approximate surface area is 144 Å². The fraction of sp³-hybridized carbons (Fsp3) is 0.222. The predicted octanol–water partition coefficient (Wildman–Crippen LogP) is 4.06. The van der Waals surface area contributed by atoms with Crippen LogP contribution in [-0.4, -0.2) is 14.0 Å². The molecule has 25 heavy (non-hydrogen) atoms. The summed E-state index contributed by atoms with van der Waals surface area (Å²) in [5, 5.41) is 0. The van der Waals surface area contributed by atoms with Gasteiger partial charge in [-0.15, -0.1) is 6.42 Å². The minimum absolute atomic E-state index is 0.0199. The van der Waals surface area contributed by atoms with Crippen molar-refractivity contribution in [2.24, 2.45) is 0 Å². The standard InChI is InChI=1S/C18H16F3NO2S/c1-4-17(2,3)22-25(23,24)16-11-7-14(8-12-16)13-5-9-15(10-6-13)18(19,20)21/h1,5-12,22H,2-3H3. The summed E-state index contributed by atoms with van der Waals surface area (Å²) in [5.41, 5.74) is -0.626. The van der Waals surface area contributed by atoms with Crippen LogP contribution in [0, 0.1) is 12.3 Å². The van der Waals surface area contributed by atoms with Crippen molar-refractivity contribution in [2.75, 3.05) is 0 Å². The lowest BCUT2D eigenvalue weighted by molar-refractivity contribution is -0.137. The Morgan fingerprint density at radius 3 is 1.76 bits per heavy atom. The second-order valence-corrected chi connectivity index (χ2v) is 7.66. The molecule has 0 bridgehead atoms. The molecule has 132 valence electrons. The first-order valence-corrected chi connectivity index (χ1v) is 8.72. The highest BCUT2D eigenvalue weighted by atomic mass is 32.2. The summed E-state index contributed by atoms with van der Waals surface area (Å²) >= 11 is 0. The molecule has 0 saturated carbocycles. The molecular weight excluding hydrogens is 351 g/mol. The first-order valence-electron chi connectivity index (χ1n) is 7.24. The average molecular weight is 367 g/mol. The normalized spacial score (nSPS) is 12.6. The minimum Gasteiger partial charge on any atom is -0.207 e. The van der Waals surface area contributed by atoms with Crippen molar-refractivity contribution in [1.29, 1.82) is 0 Å². The fourth-order valence-corrected chi connectivity index (χ4v) is 3.45. The lowest BCUT2D eigenvalue weighted by Crippen LogP contribution is -2.41. The van der Waals surface area contributed by atoms with Crippen molar-refractivity contribution in [3.8, 4) is 23.5 Å². The zero-order chi connectivity index (χ0) is 18.9. The lowest BCUT2D eigenvalue weighted by atomic mass is 10.0. The first kappa shape index (κ1) is 19.0. The highest BCUT2D eigenvalue weighted by molar-refractivity contribution is 7.89. The highest BCUT2D eigenvalue weighted by Gasteiger charge is 2.30. The van der Waals surface area contributed by atoms with Gasteiger partial charge < -0.3 is 0 Å². The molecule has 7 heteroatoms. The number of alkyl halides is 3. The number of hydrogen-bond acceptors (Lipinski definition) is 2. The monoisotopic (exact) mass is 367 g/mol. The molecule has 2 rings (SSSR count). The molecule has 0 aliphatic rings. The number of nitrogens with one attached hydrogen (secondary N) is 1. The van der Waals surface area contributed by atoms with E-state index in [1.54, 1.807) is 13.8 Å². The molecular formula is C18H16F3NO2S.